The number of hydrogen-bond acceptors (Lipinski definition) is 6. The molecule has 6 nitrogen and oxygen atoms in total. The predicted molar refractivity (Wildman–Crippen MR) is 84.5 cm³/mol. The SMILES string of the molecule is CCCNc1nc(Cl)nc(NC(C)CN(CC)CC)n1. The molecule has 1 aromatic heterocycles. The molecule has 0 bridgehead atoms. The Morgan fingerprint density at radius 2 is 1.75 bits per heavy atom. The summed E-state index contributed by atoms with van der Waals surface area (Å²) in [4.78, 5) is 14.8. The first kappa shape index (κ1) is 16.9. The molecule has 1 rings (SSSR count). The van der Waals surface area contributed by atoms with Crippen molar-refractivity contribution in [3.8, 4) is 0 Å². The first-order valence-electron chi connectivity index (χ1n) is 7.23. The molecule has 0 saturated carbocycles. The average molecular weight is 301 g/mol. The van der Waals surface area contributed by atoms with Crippen molar-refractivity contribution in [2.75, 3.05) is 36.8 Å². The van der Waals surface area contributed by atoms with E-state index in [0.29, 0.717) is 11.9 Å². The summed E-state index contributed by atoms with van der Waals surface area (Å²) in [5, 5.41) is 6.59. The summed E-state index contributed by atoms with van der Waals surface area (Å²) >= 11 is 5.92. The van der Waals surface area contributed by atoms with Crippen LogP contribution in [0.3, 0.4) is 0 Å². The van der Waals surface area contributed by atoms with Crippen LogP contribution in [0, 0.1) is 0 Å². The van der Waals surface area contributed by atoms with Crippen LogP contribution in [-0.4, -0.2) is 52.1 Å². The van der Waals surface area contributed by atoms with Crippen molar-refractivity contribution in [3.63, 3.8) is 0 Å². The molecule has 0 radical (unpaired) electrons. The van der Waals surface area contributed by atoms with Crippen LogP contribution in [0.2, 0.25) is 5.28 Å². The normalized spacial score (nSPS) is 12.5. The van der Waals surface area contributed by atoms with Crippen LogP contribution in [0.1, 0.15) is 34.1 Å². The smallest absolute Gasteiger partial charge is 0.229 e. The highest BCUT2D eigenvalue weighted by Crippen LogP contribution is 2.10. The molecule has 114 valence electrons. The van der Waals surface area contributed by atoms with Gasteiger partial charge in [-0.25, -0.2) is 0 Å². The van der Waals surface area contributed by atoms with Gasteiger partial charge in [0.15, 0.2) is 0 Å². The molecule has 0 spiro atoms. The van der Waals surface area contributed by atoms with Gasteiger partial charge in [0.25, 0.3) is 0 Å². The third kappa shape index (κ3) is 5.88. The van der Waals surface area contributed by atoms with Gasteiger partial charge < -0.3 is 15.5 Å². The highest BCUT2D eigenvalue weighted by Gasteiger charge is 2.10. The maximum atomic E-state index is 5.92. The molecule has 0 amide bonds. The number of halogens is 1. The van der Waals surface area contributed by atoms with E-state index in [1.165, 1.54) is 0 Å². The molecule has 0 fully saturated rings. The van der Waals surface area contributed by atoms with Crippen LogP contribution in [0.15, 0.2) is 0 Å². The molecule has 1 atom stereocenters. The molecule has 0 aliphatic heterocycles. The zero-order valence-electron chi connectivity index (χ0n) is 12.8. The van der Waals surface area contributed by atoms with E-state index >= 15 is 0 Å². The number of nitrogens with one attached hydrogen (secondary N) is 2. The van der Waals surface area contributed by atoms with Crippen LogP contribution < -0.4 is 10.6 Å². The lowest BCUT2D eigenvalue weighted by molar-refractivity contribution is 0.294. The number of likely N-dealkylation sites (N-methyl/N-ethyl adjacent to an activating group) is 1. The summed E-state index contributed by atoms with van der Waals surface area (Å²) in [6.07, 6.45) is 1.00. The zero-order valence-corrected chi connectivity index (χ0v) is 13.5. The highest BCUT2D eigenvalue weighted by molar-refractivity contribution is 6.28. The first-order valence-corrected chi connectivity index (χ1v) is 7.61. The number of hydrogen-bond donors (Lipinski definition) is 2. The minimum Gasteiger partial charge on any atom is -0.354 e. The Hall–Kier alpha value is -1.14. The van der Waals surface area contributed by atoms with Crippen molar-refractivity contribution in [2.45, 2.75) is 40.2 Å². The fraction of sp³-hybridized carbons (Fsp3) is 0.769. The first-order chi connectivity index (χ1) is 9.58. The Morgan fingerprint density at radius 1 is 1.10 bits per heavy atom. The van der Waals surface area contributed by atoms with Gasteiger partial charge in [-0.1, -0.05) is 20.8 Å². The number of aromatic nitrogens is 3. The van der Waals surface area contributed by atoms with Crippen LogP contribution in [0.5, 0.6) is 0 Å². The van der Waals surface area contributed by atoms with Gasteiger partial charge in [0.2, 0.25) is 17.2 Å². The molecule has 1 heterocycles. The Kier molecular flexibility index (Phi) is 7.54. The molecule has 0 aliphatic carbocycles. The van der Waals surface area contributed by atoms with Gasteiger partial charge in [-0.3, -0.25) is 0 Å². The average Bonchev–Trinajstić information content (AvgIpc) is 2.41. The van der Waals surface area contributed by atoms with Gasteiger partial charge in [0.1, 0.15) is 0 Å². The van der Waals surface area contributed by atoms with Crippen molar-refractivity contribution >= 4 is 23.5 Å². The molecule has 1 aromatic rings. The Bertz CT molecular complexity index is 396. The molecular formula is C13H25ClN6. The van der Waals surface area contributed by atoms with Crippen molar-refractivity contribution in [2.24, 2.45) is 0 Å². The Balaban J connectivity index is 2.64. The van der Waals surface area contributed by atoms with Gasteiger partial charge in [-0.05, 0) is 38.0 Å². The number of anilines is 2. The molecule has 0 aliphatic rings. The summed E-state index contributed by atoms with van der Waals surface area (Å²) in [6.45, 7) is 12.3. The van der Waals surface area contributed by atoms with E-state index in [-0.39, 0.29) is 11.3 Å². The Morgan fingerprint density at radius 3 is 2.35 bits per heavy atom. The third-order valence-electron chi connectivity index (χ3n) is 2.94. The second-order valence-electron chi connectivity index (χ2n) is 4.71. The van der Waals surface area contributed by atoms with Crippen molar-refractivity contribution < 1.29 is 0 Å². The van der Waals surface area contributed by atoms with Crippen LogP contribution in [0.4, 0.5) is 11.9 Å². The summed E-state index contributed by atoms with van der Waals surface area (Å²) in [5.41, 5.74) is 0. The fourth-order valence-electron chi connectivity index (χ4n) is 1.87. The van der Waals surface area contributed by atoms with Crippen molar-refractivity contribution in [3.05, 3.63) is 5.28 Å². The van der Waals surface area contributed by atoms with Gasteiger partial charge in [0, 0.05) is 19.1 Å². The van der Waals surface area contributed by atoms with Gasteiger partial charge in [-0.15, -0.1) is 0 Å². The van der Waals surface area contributed by atoms with E-state index in [0.717, 1.165) is 32.6 Å². The van der Waals surface area contributed by atoms with E-state index in [9.17, 15) is 0 Å². The van der Waals surface area contributed by atoms with Gasteiger partial charge in [-0.2, -0.15) is 15.0 Å². The molecule has 20 heavy (non-hydrogen) atoms. The molecule has 2 N–H and O–H groups in total. The van der Waals surface area contributed by atoms with Crippen LogP contribution >= 0.6 is 11.6 Å². The van der Waals surface area contributed by atoms with E-state index in [2.05, 4.69) is 58.2 Å². The standard InChI is InChI=1S/C13H25ClN6/c1-5-8-15-12-17-11(14)18-13(19-12)16-10(4)9-20(6-2)7-3/h10H,5-9H2,1-4H3,(H2,15,16,17,18,19). The maximum absolute atomic E-state index is 5.92. The summed E-state index contributed by atoms with van der Waals surface area (Å²) < 4.78 is 0. The van der Waals surface area contributed by atoms with E-state index in [1.54, 1.807) is 0 Å². The second-order valence-corrected chi connectivity index (χ2v) is 5.05. The fourth-order valence-corrected chi connectivity index (χ4v) is 2.03. The number of nitrogens with zero attached hydrogens (tertiary/aromatic N) is 4. The molecule has 1 unspecified atom stereocenters. The molecule has 0 saturated heterocycles. The van der Waals surface area contributed by atoms with Crippen LogP contribution in [-0.2, 0) is 0 Å². The Labute approximate surface area is 126 Å². The summed E-state index contributed by atoms with van der Waals surface area (Å²) in [6, 6.07) is 0.243. The van der Waals surface area contributed by atoms with E-state index in [4.69, 9.17) is 11.6 Å². The maximum Gasteiger partial charge on any atom is 0.229 e. The van der Waals surface area contributed by atoms with E-state index < -0.39 is 0 Å². The quantitative estimate of drug-likeness (QED) is 0.730. The van der Waals surface area contributed by atoms with Gasteiger partial charge >= 0.3 is 0 Å². The predicted octanol–water partition coefficient (Wildman–Crippen LogP) is 2.49. The molecular weight excluding hydrogens is 276 g/mol. The van der Waals surface area contributed by atoms with Crippen molar-refractivity contribution in [1.82, 2.24) is 19.9 Å². The number of rotatable bonds is 9. The second kappa shape index (κ2) is 8.92. The lowest BCUT2D eigenvalue weighted by atomic mass is 10.3. The van der Waals surface area contributed by atoms with Gasteiger partial charge in [0.05, 0.1) is 0 Å². The zero-order chi connectivity index (χ0) is 15.0. The molecule has 7 heteroatoms. The lowest BCUT2D eigenvalue weighted by Gasteiger charge is -2.23. The minimum absolute atomic E-state index is 0.205. The van der Waals surface area contributed by atoms with Crippen LogP contribution in [0.25, 0.3) is 0 Å². The van der Waals surface area contributed by atoms with E-state index in [1.807, 2.05) is 0 Å². The largest absolute Gasteiger partial charge is 0.354 e. The highest BCUT2D eigenvalue weighted by atomic mass is 35.5. The monoisotopic (exact) mass is 300 g/mol. The topological polar surface area (TPSA) is 66.0 Å². The summed E-state index contributed by atoms with van der Waals surface area (Å²) in [5.74, 6) is 1.03. The summed E-state index contributed by atoms with van der Waals surface area (Å²) in [7, 11) is 0. The minimum atomic E-state index is 0.205. The van der Waals surface area contributed by atoms with Crippen molar-refractivity contribution in [1.29, 1.82) is 0 Å². The third-order valence-corrected chi connectivity index (χ3v) is 3.11. The molecule has 0 aromatic carbocycles. The lowest BCUT2D eigenvalue weighted by Crippen LogP contribution is -2.35.